The molecular weight excluding hydrogens is 463 g/mol. The normalized spacial score (nSPS) is 12.0. The van der Waals surface area contributed by atoms with Crippen molar-refractivity contribution in [3.63, 3.8) is 0 Å². The number of halogens is 2. The molecule has 2 aromatic heterocycles. The molecule has 4 aromatic rings. The number of fused-ring (bicyclic) bond motifs is 1. The van der Waals surface area contributed by atoms with Crippen LogP contribution in [0.1, 0.15) is 16.1 Å². The van der Waals surface area contributed by atoms with Gasteiger partial charge in [0.1, 0.15) is 23.5 Å². The maximum absolute atomic E-state index is 13.1. The molecule has 1 atom stereocenters. The van der Waals surface area contributed by atoms with Crippen LogP contribution in [0.25, 0.3) is 22.3 Å². The van der Waals surface area contributed by atoms with Crippen molar-refractivity contribution in [3.05, 3.63) is 75.9 Å². The van der Waals surface area contributed by atoms with Crippen LogP contribution in [0, 0.1) is 6.92 Å². The molecule has 170 valence electrons. The van der Waals surface area contributed by atoms with Crippen molar-refractivity contribution in [1.82, 2.24) is 20.1 Å². The van der Waals surface area contributed by atoms with Gasteiger partial charge in [-0.15, -0.1) is 0 Å². The van der Waals surface area contributed by atoms with Crippen molar-refractivity contribution < 1.29 is 14.6 Å². The SMILES string of the molecule is Cc1nn(C)c2nc(-c3ccccc3)cc(C(=O)NCC(O)COc3cccc(Cl)c3Cl)c12. The zero-order valence-corrected chi connectivity index (χ0v) is 19.6. The van der Waals surface area contributed by atoms with Gasteiger partial charge in [0.25, 0.3) is 5.91 Å². The minimum Gasteiger partial charge on any atom is -0.489 e. The summed E-state index contributed by atoms with van der Waals surface area (Å²) in [5.74, 6) is 0.0272. The second-order valence-electron chi connectivity index (χ2n) is 7.56. The van der Waals surface area contributed by atoms with Gasteiger partial charge in [0.05, 0.1) is 27.4 Å². The van der Waals surface area contributed by atoms with Gasteiger partial charge in [0, 0.05) is 19.2 Å². The second-order valence-corrected chi connectivity index (χ2v) is 8.34. The Balaban J connectivity index is 1.52. The van der Waals surface area contributed by atoms with Gasteiger partial charge in [-0.2, -0.15) is 5.10 Å². The molecule has 0 radical (unpaired) electrons. The molecular formula is C24H22Cl2N4O3. The lowest BCUT2D eigenvalue weighted by Gasteiger charge is -2.15. The Kier molecular flexibility index (Phi) is 6.83. The minimum atomic E-state index is -0.954. The number of carbonyl (C=O) groups is 1. The topological polar surface area (TPSA) is 89.3 Å². The smallest absolute Gasteiger partial charge is 0.252 e. The van der Waals surface area contributed by atoms with Crippen molar-refractivity contribution in [2.75, 3.05) is 13.2 Å². The Bertz CT molecular complexity index is 1310. The van der Waals surface area contributed by atoms with Crippen molar-refractivity contribution >= 4 is 40.1 Å². The summed E-state index contributed by atoms with van der Waals surface area (Å²) in [5, 5.41) is 18.8. The number of rotatable bonds is 7. The Morgan fingerprint density at radius 3 is 2.70 bits per heavy atom. The number of hydrogen-bond acceptors (Lipinski definition) is 5. The summed E-state index contributed by atoms with van der Waals surface area (Å²) in [5.41, 5.74) is 3.30. The average Bonchev–Trinajstić information content (AvgIpc) is 3.11. The van der Waals surface area contributed by atoms with Crippen LogP contribution in [0.15, 0.2) is 54.6 Å². The van der Waals surface area contributed by atoms with E-state index in [1.165, 1.54) is 0 Å². The Morgan fingerprint density at radius 1 is 1.18 bits per heavy atom. The predicted octanol–water partition coefficient (Wildman–Crippen LogP) is 4.42. The largest absolute Gasteiger partial charge is 0.489 e. The number of nitrogens with one attached hydrogen (secondary N) is 1. The fourth-order valence-electron chi connectivity index (χ4n) is 3.53. The first-order valence-electron chi connectivity index (χ1n) is 10.3. The van der Waals surface area contributed by atoms with Crippen LogP contribution in [0.4, 0.5) is 0 Å². The Labute approximate surface area is 200 Å². The standard InChI is InChI=1S/C24H22Cl2N4O3/c1-14-21-17(11-19(15-7-4-3-5-8-15)28-23(21)30(2)29-14)24(32)27-12-16(31)13-33-20-10-6-9-18(25)22(20)26/h3-11,16,31H,12-13H2,1-2H3,(H,27,32). The number of ether oxygens (including phenoxy) is 1. The van der Waals surface area contributed by atoms with E-state index in [0.717, 1.165) is 5.56 Å². The van der Waals surface area contributed by atoms with Gasteiger partial charge >= 0.3 is 0 Å². The monoisotopic (exact) mass is 484 g/mol. The van der Waals surface area contributed by atoms with Crippen LogP contribution in [-0.2, 0) is 7.05 Å². The Morgan fingerprint density at radius 2 is 1.94 bits per heavy atom. The van der Waals surface area contributed by atoms with Crippen molar-refractivity contribution in [3.8, 4) is 17.0 Å². The molecule has 2 N–H and O–H groups in total. The first-order valence-corrected chi connectivity index (χ1v) is 11.0. The van der Waals surface area contributed by atoms with Crippen LogP contribution < -0.4 is 10.1 Å². The molecule has 0 fully saturated rings. The van der Waals surface area contributed by atoms with E-state index in [4.69, 9.17) is 32.9 Å². The number of aliphatic hydroxyl groups is 1. The molecule has 1 amide bonds. The molecule has 4 rings (SSSR count). The maximum Gasteiger partial charge on any atom is 0.252 e. The number of carbonyl (C=O) groups excluding carboxylic acids is 1. The summed E-state index contributed by atoms with van der Waals surface area (Å²) in [6.07, 6.45) is -0.954. The van der Waals surface area contributed by atoms with Gasteiger partial charge < -0.3 is 15.2 Å². The molecule has 0 aliphatic heterocycles. The molecule has 0 bridgehead atoms. The molecule has 0 aliphatic rings. The minimum absolute atomic E-state index is 0.0131. The number of amides is 1. The third-order valence-corrected chi connectivity index (χ3v) is 5.93. The van der Waals surface area contributed by atoms with Crippen molar-refractivity contribution in [2.24, 2.45) is 7.05 Å². The lowest BCUT2D eigenvalue weighted by molar-refractivity contribution is 0.0845. The summed E-state index contributed by atoms with van der Waals surface area (Å²) in [7, 11) is 1.79. The van der Waals surface area contributed by atoms with E-state index in [2.05, 4.69) is 10.4 Å². The van der Waals surface area contributed by atoms with E-state index in [1.54, 1.807) is 36.0 Å². The highest BCUT2D eigenvalue weighted by atomic mass is 35.5. The van der Waals surface area contributed by atoms with Gasteiger partial charge in [-0.05, 0) is 25.1 Å². The first-order chi connectivity index (χ1) is 15.8. The summed E-state index contributed by atoms with van der Waals surface area (Å²) in [6.45, 7) is 1.76. The zero-order valence-electron chi connectivity index (χ0n) is 18.0. The van der Waals surface area contributed by atoms with Gasteiger partial charge in [-0.25, -0.2) is 4.98 Å². The van der Waals surface area contributed by atoms with Gasteiger partial charge in [0.2, 0.25) is 0 Å². The quantitative estimate of drug-likeness (QED) is 0.405. The molecule has 0 saturated carbocycles. The van der Waals surface area contributed by atoms with Crippen LogP contribution in [-0.4, -0.2) is 45.0 Å². The fraction of sp³-hybridized carbons (Fsp3) is 0.208. The molecule has 0 aliphatic carbocycles. The third kappa shape index (κ3) is 4.95. The second kappa shape index (κ2) is 9.79. The molecule has 1 unspecified atom stereocenters. The van der Waals surface area contributed by atoms with Gasteiger partial charge in [-0.1, -0.05) is 59.6 Å². The number of aliphatic hydroxyl groups excluding tert-OH is 1. The molecule has 33 heavy (non-hydrogen) atoms. The summed E-state index contributed by atoms with van der Waals surface area (Å²) >= 11 is 12.1. The van der Waals surface area contributed by atoms with Crippen LogP contribution in [0.5, 0.6) is 5.75 Å². The predicted molar refractivity (Wildman–Crippen MR) is 129 cm³/mol. The van der Waals surface area contributed by atoms with Crippen LogP contribution in [0.2, 0.25) is 10.0 Å². The molecule has 7 nitrogen and oxygen atoms in total. The van der Waals surface area contributed by atoms with Crippen LogP contribution >= 0.6 is 23.2 Å². The first kappa shape index (κ1) is 23.0. The number of aryl methyl sites for hydroxylation is 2. The summed E-state index contributed by atoms with van der Waals surface area (Å²) < 4.78 is 7.20. The maximum atomic E-state index is 13.1. The lowest BCUT2D eigenvalue weighted by atomic mass is 10.0. The fourth-order valence-corrected chi connectivity index (χ4v) is 3.87. The highest BCUT2D eigenvalue weighted by Crippen LogP contribution is 2.31. The van der Waals surface area contributed by atoms with E-state index < -0.39 is 6.10 Å². The van der Waals surface area contributed by atoms with E-state index >= 15 is 0 Å². The third-order valence-electron chi connectivity index (χ3n) is 5.13. The summed E-state index contributed by atoms with van der Waals surface area (Å²) in [4.78, 5) is 17.8. The molecule has 0 saturated heterocycles. The van der Waals surface area contributed by atoms with E-state index in [1.807, 2.05) is 37.3 Å². The van der Waals surface area contributed by atoms with E-state index in [9.17, 15) is 9.90 Å². The zero-order chi connectivity index (χ0) is 23.5. The van der Waals surface area contributed by atoms with Crippen LogP contribution in [0.3, 0.4) is 0 Å². The Hall–Kier alpha value is -3.13. The number of hydrogen-bond donors (Lipinski definition) is 2. The highest BCUT2D eigenvalue weighted by molar-refractivity contribution is 6.42. The summed E-state index contributed by atoms with van der Waals surface area (Å²) in [6, 6.07) is 16.4. The highest BCUT2D eigenvalue weighted by Gasteiger charge is 2.20. The molecule has 2 aromatic carbocycles. The van der Waals surface area contributed by atoms with Gasteiger partial charge in [0.15, 0.2) is 5.65 Å². The number of benzene rings is 2. The van der Waals surface area contributed by atoms with Crippen molar-refractivity contribution in [1.29, 1.82) is 0 Å². The lowest BCUT2D eigenvalue weighted by Crippen LogP contribution is -2.35. The van der Waals surface area contributed by atoms with Crippen molar-refractivity contribution in [2.45, 2.75) is 13.0 Å². The van der Waals surface area contributed by atoms with Gasteiger partial charge in [-0.3, -0.25) is 9.48 Å². The molecule has 0 spiro atoms. The average molecular weight is 485 g/mol. The number of nitrogens with zero attached hydrogens (tertiary/aromatic N) is 3. The van der Waals surface area contributed by atoms with E-state index in [0.29, 0.717) is 38.8 Å². The molecule has 9 heteroatoms. The number of aromatic nitrogens is 3. The molecule has 2 heterocycles. The van der Waals surface area contributed by atoms with E-state index in [-0.39, 0.29) is 24.1 Å². The number of pyridine rings is 1.